The highest BCUT2D eigenvalue weighted by Gasteiger charge is 2.37. The zero-order chi connectivity index (χ0) is 14.7. The number of nitrogens with one attached hydrogen (secondary N) is 1. The third kappa shape index (κ3) is 3.59. The van der Waals surface area contributed by atoms with Crippen molar-refractivity contribution in [2.45, 2.75) is 31.7 Å². The molecular weight excluding hydrogens is 260 g/mol. The summed E-state index contributed by atoms with van der Waals surface area (Å²) in [5.41, 5.74) is 0. The van der Waals surface area contributed by atoms with Crippen molar-refractivity contribution in [2.24, 2.45) is 11.8 Å². The van der Waals surface area contributed by atoms with Crippen LogP contribution in [0.5, 0.6) is 0 Å². The fourth-order valence-corrected chi connectivity index (χ4v) is 2.41. The molecule has 0 bridgehead atoms. The molecule has 6 nitrogen and oxygen atoms in total. The first-order chi connectivity index (χ1) is 9.51. The van der Waals surface area contributed by atoms with Crippen molar-refractivity contribution in [3.63, 3.8) is 0 Å². The minimum Gasteiger partial charge on any atom is -0.480 e. The molecule has 6 heteroatoms. The van der Waals surface area contributed by atoms with Crippen molar-refractivity contribution in [2.75, 3.05) is 13.1 Å². The van der Waals surface area contributed by atoms with E-state index < -0.39 is 17.9 Å². The monoisotopic (exact) mass is 280 g/mol. The lowest BCUT2D eigenvalue weighted by atomic mass is 10.1. The van der Waals surface area contributed by atoms with Crippen LogP contribution in [0.3, 0.4) is 0 Å². The summed E-state index contributed by atoms with van der Waals surface area (Å²) in [4.78, 5) is 36.6. The molecule has 0 aromatic heterocycles. The van der Waals surface area contributed by atoms with E-state index in [0.29, 0.717) is 12.5 Å². The molecule has 2 aliphatic rings. The van der Waals surface area contributed by atoms with Crippen LogP contribution in [0.2, 0.25) is 0 Å². The highest BCUT2D eigenvalue weighted by atomic mass is 16.4. The molecule has 1 saturated heterocycles. The minimum absolute atomic E-state index is 0.00681. The number of nitrogens with zero attached hydrogens (tertiary/aromatic N) is 1. The molecule has 2 N–H and O–H groups in total. The van der Waals surface area contributed by atoms with Crippen LogP contribution >= 0.6 is 0 Å². The van der Waals surface area contributed by atoms with Crippen molar-refractivity contribution in [3.8, 4) is 0 Å². The Balaban J connectivity index is 1.87. The van der Waals surface area contributed by atoms with Crippen LogP contribution in [0.1, 0.15) is 25.7 Å². The first-order valence-electron chi connectivity index (χ1n) is 6.93. The second kappa shape index (κ2) is 6.07. The Labute approximate surface area is 117 Å². The molecule has 2 atom stereocenters. The average Bonchev–Trinajstić information content (AvgIpc) is 3.12. The lowest BCUT2D eigenvalue weighted by Crippen LogP contribution is -2.44. The molecule has 2 fully saturated rings. The molecule has 0 spiro atoms. The van der Waals surface area contributed by atoms with Crippen molar-refractivity contribution in [1.82, 2.24) is 10.2 Å². The maximum atomic E-state index is 12.0. The van der Waals surface area contributed by atoms with Crippen LogP contribution < -0.4 is 5.32 Å². The quantitative estimate of drug-likeness (QED) is 0.660. The van der Waals surface area contributed by atoms with Gasteiger partial charge in [-0.1, -0.05) is 6.08 Å². The number of amides is 2. The molecular formula is C14H20N2O4. The number of aliphatic carboxylic acids is 1. The molecule has 110 valence electrons. The standard InChI is InChI=1S/C14H20N2O4/c1-2-3-11(14(19)20)15-13(18)10-6-12(17)16(8-10)7-9-4-5-9/h2,9-11H,1,3-8H2,(H,15,18)(H,19,20). The molecule has 1 saturated carbocycles. The molecule has 1 aliphatic carbocycles. The largest absolute Gasteiger partial charge is 0.480 e. The van der Waals surface area contributed by atoms with Gasteiger partial charge in [0.1, 0.15) is 6.04 Å². The van der Waals surface area contributed by atoms with Crippen LogP contribution in [0.4, 0.5) is 0 Å². The summed E-state index contributed by atoms with van der Waals surface area (Å²) in [7, 11) is 0. The van der Waals surface area contributed by atoms with Gasteiger partial charge in [-0.05, 0) is 25.2 Å². The van der Waals surface area contributed by atoms with Gasteiger partial charge in [0.2, 0.25) is 11.8 Å². The van der Waals surface area contributed by atoms with Gasteiger partial charge >= 0.3 is 5.97 Å². The van der Waals surface area contributed by atoms with E-state index in [0.717, 1.165) is 19.4 Å². The molecule has 0 radical (unpaired) electrons. The molecule has 0 aromatic carbocycles. The summed E-state index contributed by atoms with van der Waals surface area (Å²) in [5, 5.41) is 11.5. The second-order valence-corrected chi connectivity index (χ2v) is 5.57. The number of hydrogen-bond donors (Lipinski definition) is 2. The summed E-state index contributed by atoms with van der Waals surface area (Å²) in [6.45, 7) is 4.61. The Morgan fingerprint density at radius 3 is 2.75 bits per heavy atom. The van der Waals surface area contributed by atoms with Gasteiger partial charge in [-0.15, -0.1) is 6.58 Å². The number of hydrogen-bond acceptors (Lipinski definition) is 3. The number of likely N-dealkylation sites (tertiary alicyclic amines) is 1. The zero-order valence-electron chi connectivity index (χ0n) is 11.4. The topological polar surface area (TPSA) is 86.7 Å². The summed E-state index contributed by atoms with van der Waals surface area (Å²) in [5.74, 6) is -1.29. The predicted molar refractivity (Wildman–Crippen MR) is 71.8 cm³/mol. The van der Waals surface area contributed by atoms with Crippen LogP contribution in [0, 0.1) is 11.8 Å². The van der Waals surface area contributed by atoms with Gasteiger partial charge in [0.15, 0.2) is 0 Å². The van der Waals surface area contributed by atoms with Crippen molar-refractivity contribution >= 4 is 17.8 Å². The molecule has 2 unspecified atom stereocenters. The fraction of sp³-hybridized carbons (Fsp3) is 0.643. The van der Waals surface area contributed by atoms with Crippen LogP contribution in [-0.2, 0) is 14.4 Å². The smallest absolute Gasteiger partial charge is 0.326 e. The normalized spacial score (nSPS) is 23.5. The van der Waals surface area contributed by atoms with Gasteiger partial charge in [-0.25, -0.2) is 4.79 Å². The maximum Gasteiger partial charge on any atom is 0.326 e. The highest BCUT2D eigenvalue weighted by molar-refractivity contribution is 5.91. The fourth-order valence-electron chi connectivity index (χ4n) is 2.41. The van der Waals surface area contributed by atoms with E-state index in [1.807, 2.05) is 0 Å². The average molecular weight is 280 g/mol. The Morgan fingerprint density at radius 2 is 2.20 bits per heavy atom. The summed E-state index contributed by atoms with van der Waals surface area (Å²) in [6.07, 6.45) is 4.12. The van der Waals surface area contributed by atoms with E-state index >= 15 is 0 Å². The predicted octanol–water partition coefficient (Wildman–Crippen LogP) is 0.390. The molecule has 1 aliphatic heterocycles. The Morgan fingerprint density at radius 1 is 1.50 bits per heavy atom. The Kier molecular flexibility index (Phi) is 4.42. The minimum atomic E-state index is -1.09. The van der Waals surface area contributed by atoms with Gasteiger partial charge in [-0.3, -0.25) is 9.59 Å². The number of carbonyl (C=O) groups is 3. The van der Waals surface area contributed by atoms with Crippen molar-refractivity contribution in [1.29, 1.82) is 0 Å². The summed E-state index contributed by atoms with van der Waals surface area (Å²) >= 11 is 0. The number of carboxylic acids is 1. The molecule has 20 heavy (non-hydrogen) atoms. The first-order valence-corrected chi connectivity index (χ1v) is 6.93. The van der Waals surface area contributed by atoms with Crippen LogP contribution in [0.25, 0.3) is 0 Å². The van der Waals surface area contributed by atoms with Gasteiger partial charge in [0, 0.05) is 19.5 Å². The molecule has 0 aromatic rings. The Hall–Kier alpha value is -1.85. The molecule has 2 rings (SSSR count). The third-order valence-corrected chi connectivity index (χ3v) is 3.78. The van der Waals surface area contributed by atoms with E-state index in [-0.39, 0.29) is 24.7 Å². The number of carbonyl (C=O) groups excluding carboxylic acids is 2. The van der Waals surface area contributed by atoms with Gasteiger partial charge in [-0.2, -0.15) is 0 Å². The third-order valence-electron chi connectivity index (χ3n) is 3.78. The van der Waals surface area contributed by atoms with E-state index in [9.17, 15) is 14.4 Å². The van der Waals surface area contributed by atoms with Crippen LogP contribution in [-0.4, -0.2) is 46.9 Å². The summed E-state index contributed by atoms with van der Waals surface area (Å²) < 4.78 is 0. The maximum absolute atomic E-state index is 12.0. The highest BCUT2D eigenvalue weighted by Crippen LogP contribution is 2.32. The van der Waals surface area contributed by atoms with Crippen molar-refractivity contribution < 1.29 is 19.5 Å². The van der Waals surface area contributed by atoms with E-state index in [2.05, 4.69) is 11.9 Å². The van der Waals surface area contributed by atoms with Crippen LogP contribution in [0.15, 0.2) is 12.7 Å². The second-order valence-electron chi connectivity index (χ2n) is 5.57. The lowest BCUT2D eigenvalue weighted by molar-refractivity contribution is -0.142. The van der Waals surface area contributed by atoms with E-state index in [1.54, 1.807) is 4.90 Å². The molecule has 2 amide bonds. The van der Waals surface area contributed by atoms with E-state index in [4.69, 9.17) is 5.11 Å². The first kappa shape index (κ1) is 14.6. The van der Waals surface area contributed by atoms with E-state index in [1.165, 1.54) is 6.08 Å². The van der Waals surface area contributed by atoms with Crippen molar-refractivity contribution in [3.05, 3.63) is 12.7 Å². The lowest BCUT2D eigenvalue weighted by Gasteiger charge is -2.17. The van der Waals surface area contributed by atoms with Gasteiger partial charge in [0.25, 0.3) is 0 Å². The van der Waals surface area contributed by atoms with Gasteiger partial charge < -0.3 is 15.3 Å². The zero-order valence-corrected chi connectivity index (χ0v) is 11.4. The molecule has 1 heterocycles. The Bertz CT molecular complexity index is 431. The number of rotatable bonds is 7. The van der Waals surface area contributed by atoms with Gasteiger partial charge in [0.05, 0.1) is 5.92 Å². The SMILES string of the molecule is C=CCC(NC(=O)C1CC(=O)N(CC2CC2)C1)C(=O)O. The summed E-state index contributed by atoms with van der Waals surface area (Å²) in [6, 6.07) is -0.965. The number of carboxylic acid groups (broad SMARTS) is 1.